The maximum absolute atomic E-state index is 12.8. The fourth-order valence-electron chi connectivity index (χ4n) is 3.17. The van der Waals surface area contributed by atoms with Gasteiger partial charge in [0, 0.05) is 32.6 Å². The van der Waals surface area contributed by atoms with Crippen LogP contribution in [0.4, 0.5) is 5.69 Å². The maximum Gasteiger partial charge on any atom is 0.211 e. The lowest BCUT2D eigenvalue weighted by Gasteiger charge is -2.40. The van der Waals surface area contributed by atoms with Gasteiger partial charge in [0.2, 0.25) is 5.43 Å². The highest BCUT2D eigenvalue weighted by Gasteiger charge is 2.27. The number of benzene rings is 1. The SMILES string of the molecule is CC1CCCC(C)N1c1csc2ccc(Cl)cc2c1=O. The Morgan fingerprint density at radius 1 is 1.25 bits per heavy atom. The summed E-state index contributed by atoms with van der Waals surface area (Å²) in [5.74, 6) is 0. The van der Waals surface area contributed by atoms with Crippen molar-refractivity contribution in [2.45, 2.75) is 45.2 Å². The van der Waals surface area contributed by atoms with Crippen molar-refractivity contribution in [1.82, 2.24) is 0 Å². The van der Waals surface area contributed by atoms with Crippen molar-refractivity contribution >= 4 is 38.7 Å². The molecule has 1 aromatic heterocycles. The molecule has 0 amide bonds. The van der Waals surface area contributed by atoms with Gasteiger partial charge in [0.15, 0.2) is 0 Å². The number of rotatable bonds is 1. The van der Waals surface area contributed by atoms with Gasteiger partial charge in [0.05, 0.1) is 5.69 Å². The van der Waals surface area contributed by atoms with Crippen LogP contribution in [0.1, 0.15) is 33.1 Å². The predicted molar refractivity (Wildman–Crippen MR) is 88.4 cm³/mol. The summed E-state index contributed by atoms with van der Waals surface area (Å²) in [5.41, 5.74) is 0.950. The van der Waals surface area contributed by atoms with Gasteiger partial charge >= 0.3 is 0 Å². The van der Waals surface area contributed by atoms with Gasteiger partial charge in [0.1, 0.15) is 0 Å². The van der Waals surface area contributed by atoms with Crippen LogP contribution in [0.3, 0.4) is 0 Å². The average molecular weight is 308 g/mol. The van der Waals surface area contributed by atoms with Crippen LogP contribution in [-0.2, 0) is 0 Å². The number of nitrogens with zero attached hydrogens (tertiary/aromatic N) is 1. The number of piperidine rings is 1. The molecule has 4 heteroatoms. The van der Waals surface area contributed by atoms with E-state index in [-0.39, 0.29) is 5.43 Å². The Morgan fingerprint density at radius 3 is 2.65 bits per heavy atom. The summed E-state index contributed by atoms with van der Waals surface area (Å²) in [4.78, 5) is 15.1. The second kappa shape index (κ2) is 5.38. The minimum atomic E-state index is 0.113. The van der Waals surface area contributed by atoms with E-state index in [0.29, 0.717) is 17.1 Å². The monoisotopic (exact) mass is 307 g/mol. The molecule has 0 spiro atoms. The zero-order chi connectivity index (χ0) is 14.3. The van der Waals surface area contributed by atoms with Gasteiger partial charge in [-0.25, -0.2) is 0 Å². The lowest BCUT2D eigenvalue weighted by atomic mass is 9.97. The molecule has 1 aliphatic rings. The summed E-state index contributed by atoms with van der Waals surface area (Å²) in [5, 5.41) is 3.38. The molecule has 0 bridgehead atoms. The Kier molecular flexibility index (Phi) is 3.74. The van der Waals surface area contributed by atoms with Crippen molar-refractivity contribution < 1.29 is 0 Å². The molecule has 0 aliphatic carbocycles. The zero-order valence-corrected chi connectivity index (χ0v) is 13.3. The van der Waals surface area contributed by atoms with E-state index in [9.17, 15) is 4.79 Å². The Balaban J connectivity index is 2.16. The highest BCUT2D eigenvalue weighted by molar-refractivity contribution is 7.16. The van der Waals surface area contributed by atoms with E-state index in [4.69, 9.17) is 11.6 Å². The fraction of sp³-hybridized carbons (Fsp3) is 0.438. The first kappa shape index (κ1) is 13.9. The van der Waals surface area contributed by atoms with Crippen LogP contribution in [0.25, 0.3) is 10.1 Å². The quantitative estimate of drug-likeness (QED) is 0.762. The van der Waals surface area contributed by atoms with Crippen LogP contribution in [0.15, 0.2) is 28.4 Å². The fourth-order valence-corrected chi connectivity index (χ4v) is 4.23. The molecule has 1 saturated heterocycles. The minimum absolute atomic E-state index is 0.113. The smallest absolute Gasteiger partial charge is 0.211 e. The van der Waals surface area contributed by atoms with E-state index < -0.39 is 0 Å². The maximum atomic E-state index is 12.8. The number of fused-ring (bicyclic) bond motifs is 1. The van der Waals surface area contributed by atoms with Crippen LogP contribution >= 0.6 is 22.9 Å². The molecule has 0 saturated carbocycles. The van der Waals surface area contributed by atoms with E-state index in [1.54, 1.807) is 17.4 Å². The van der Waals surface area contributed by atoms with Crippen molar-refractivity contribution in [3.63, 3.8) is 0 Å². The molecule has 20 heavy (non-hydrogen) atoms. The van der Waals surface area contributed by atoms with Gasteiger partial charge < -0.3 is 4.90 Å². The lowest BCUT2D eigenvalue weighted by Crippen LogP contribution is -2.45. The van der Waals surface area contributed by atoms with E-state index in [1.165, 1.54) is 6.42 Å². The minimum Gasteiger partial charge on any atom is -0.362 e. The Hall–Kier alpha value is -1.06. The summed E-state index contributed by atoms with van der Waals surface area (Å²) in [7, 11) is 0. The van der Waals surface area contributed by atoms with Crippen molar-refractivity contribution in [1.29, 1.82) is 0 Å². The standard InChI is InChI=1S/C16H18ClNOS/c1-10-4-3-5-11(2)18(10)14-9-20-15-7-6-12(17)8-13(15)16(14)19/h6-11H,3-5H2,1-2H3. The largest absolute Gasteiger partial charge is 0.362 e. The second-order valence-corrected chi connectivity index (χ2v) is 6.97. The number of anilines is 1. The first-order valence-electron chi connectivity index (χ1n) is 7.07. The molecule has 106 valence electrons. The Bertz CT molecular complexity index is 686. The Morgan fingerprint density at radius 2 is 1.95 bits per heavy atom. The van der Waals surface area contributed by atoms with Gasteiger partial charge in [0.25, 0.3) is 0 Å². The van der Waals surface area contributed by atoms with Crippen molar-refractivity contribution in [3.8, 4) is 0 Å². The Labute approximate surface area is 128 Å². The van der Waals surface area contributed by atoms with Crippen molar-refractivity contribution in [2.75, 3.05) is 4.90 Å². The second-order valence-electron chi connectivity index (χ2n) is 5.63. The van der Waals surface area contributed by atoms with Gasteiger partial charge in [-0.1, -0.05) is 11.6 Å². The molecule has 2 unspecified atom stereocenters. The topological polar surface area (TPSA) is 20.3 Å². The van der Waals surface area contributed by atoms with E-state index in [1.807, 2.05) is 17.5 Å². The average Bonchev–Trinajstić information content (AvgIpc) is 2.41. The van der Waals surface area contributed by atoms with Crippen molar-refractivity contribution in [2.24, 2.45) is 0 Å². The third-order valence-electron chi connectivity index (χ3n) is 4.19. The lowest BCUT2D eigenvalue weighted by molar-refractivity contribution is 0.414. The molecule has 1 fully saturated rings. The molecular weight excluding hydrogens is 290 g/mol. The third-order valence-corrected chi connectivity index (χ3v) is 5.37. The van der Waals surface area contributed by atoms with E-state index in [2.05, 4.69) is 18.7 Å². The highest BCUT2D eigenvalue weighted by Crippen LogP contribution is 2.30. The molecular formula is C16H18ClNOS. The summed E-state index contributed by atoms with van der Waals surface area (Å²) in [6.45, 7) is 4.42. The first-order chi connectivity index (χ1) is 9.58. The molecule has 2 aromatic rings. The first-order valence-corrected chi connectivity index (χ1v) is 8.33. The van der Waals surface area contributed by atoms with Crippen LogP contribution < -0.4 is 10.3 Å². The summed E-state index contributed by atoms with van der Waals surface area (Å²) < 4.78 is 1.00. The van der Waals surface area contributed by atoms with Gasteiger partial charge in [-0.05, 0) is 51.3 Å². The van der Waals surface area contributed by atoms with Crippen LogP contribution in [-0.4, -0.2) is 12.1 Å². The summed E-state index contributed by atoms with van der Waals surface area (Å²) >= 11 is 7.66. The predicted octanol–water partition coefficient (Wildman–Crippen LogP) is 4.68. The van der Waals surface area contributed by atoms with E-state index >= 15 is 0 Å². The number of halogens is 1. The molecule has 1 aliphatic heterocycles. The third kappa shape index (κ3) is 2.33. The van der Waals surface area contributed by atoms with Crippen molar-refractivity contribution in [3.05, 3.63) is 38.8 Å². The van der Waals surface area contributed by atoms with E-state index in [0.717, 1.165) is 28.6 Å². The normalized spacial score (nSPS) is 23.2. The van der Waals surface area contributed by atoms with Gasteiger partial charge in [-0.15, -0.1) is 11.3 Å². The number of hydrogen-bond acceptors (Lipinski definition) is 3. The van der Waals surface area contributed by atoms with Crippen LogP contribution in [0.2, 0.25) is 5.02 Å². The molecule has 1 aromatic carbocycles. The van der Waals surface area contributed by atoms with Gasteiger partial charge in [-0.3, -0.25) is 4.79 Å². The molecule has 0 radical (unpaired) electrons. The van der Waals surface area contributed by atoms with Crippen LogP contribution in [0.5, 0.6) is 0 Å². The molecule has 0 N–H and O–H groups in total. The van der Waals surface area contributed by atoms with Gasteiger partial charge in [-0.2, -0.15) is 0 Å². The zero-order valence-electron chi connectivity index (χ0n) is 11.7. The highest BCUT2D eigenvalue weighted by atomic mass is 35.5. The van der Waals surface area contributed by atoms with Crippen LogP contribution in [0, 0.1) is 0 Å². The summed E-state index contributed by atoms with van der Waals surface area (Å²) in [6.07, 6.45) is 3.56. The molecule has 2 atom stereocenters. The molecule has 3 rings (SSSR count). The summed E-state index contributed by atoms with van der Waals surface area (Å²) in [6, 6.07) is 6.41. The molecule has 2 nitrogen and oxygen atoms in total. The number of hydrogen-bond donors (Lipinski definition) is 0. The molecule has 2 heterocycles.